The Labute approximate surface area is 96.7 Å². The second kappa shape index (κ2) is 4.55. The van der Waals surface area contributed by atoms with Gasteiger partial charge in [-0.05, 0) is 18.2 Å². The predicted molar refractivity (Wildman–Crippen MR) is 63.3 cm³/mol. The molecule has 0 aliphatic carbocycles. The van der Waals surface area contributed by atoms with Crippen LogP contribution in [-0.2, 0) is 6.61 Å². The zero-order valence-corrected chi connectivity index (χ0v) is 9.61. The van der Waals surface area contributed by atoms with Crippen LogP contribution in [0.5, 0.6) is 0 Å². The summed E-state index contributed by atoms with van der Waals surface area (Å²) in [5.74, 6) is 0. The van der Waals surface area contributed by atoms with Crippen LogP contribution in [0, 0.1) is 0 Å². The van der Waals surface area contributed by atoms with Crippen molar-refractivity contribution < 1.29 is 5.11 Å². The average Bonchev–Trinajstić information content (AvgIpc) is 2.30. The van der Waals surface area contributed by atoms with Crippen molar-refractivity contribution in [3.8, 4) is 11.3 Å². The summed E-state index contributed by atoms with van der Waals surface area (Å²) in [6.07, 6.45) is 1.73. The van der Waals surface area contributed by atoms with Crippen molar-refractivity contribution in [1.82, 2.24) is 4.98 Å². The summed E-state index contributed by atoms with van der Waals surface area (Å²) in [6, 6.07) is 11.6. The van der Waals surface area contributed by atoms with Crippen LogP contribution in [0.25, 0.3) is 11.3 Å². The standard InChI is InChI=1S/C12H10BrNO/c13-11-5-3-9(4-6-11)12-10(8-15)2-1-7-14-12/h1-7,15H,8H2. The normalized spacial score (nSPS) is 10.3. The second-order valence-corrected chi connectivity index (χ2v) is 4.09. The summed E-state index contributed by atoms with van der Waals surface area (Å²) in [7, 11) is 0. The lowest BCUT2D eigenvalue weighted by Gasteiger charge is -2.05. The number of nitrogens with zero attached hydrogens (tertiary/aromatic N) is 1. The lowest BCUT2D eigenvalue weighted by molar-refractivity contribution is 0.282. The minimum Gasteiger partial charge on any atom is -0.392 e. The molecule has 0 aliphatic rings. The van der Waals surface area contributed by atoms with Crippen molar-refractivity contribution in [3.05, 3.63) is 52.6 Å². The molecule has 0 spiro atoms. The Bertz CT molecular complexity index is 453. The first kappa shape index (κ1) is 10.3. The van der Waals surface area contributed by atoms with Crippen LogP contribution in [0.1, 0.15) is 5.56 Å². The van der Waals surface area contributed by atoms with Gasteiger partial charge in [0, 0.05) is 21.8 Å². The third-order valence-electron chi connectivity index (χ3n) is 2.18. The minimum absolute atomic E-state index is 0.0131. The second-order valence-electron chi connectivity index (χ2n) is 3.18. The van der Waals surface area contributed by atoms with Crippen molar-refractivity contribution in [3.63, 3.8) is 0 Å². The van der Waals surface area contributed by atoms with E-state index in [1.165, 1.54) is 0 Å². The van der Waals surface area contributed by atoms with Gasteiger partial charge in [0.15, 0.2) is 0 Å². The molecule has 0 radical (unpaired) electrons. The molecule has 0 bridgehead atoms. The molecule has 2 nitrogen and oxygen atoms in total. The summed E-state index contributed by atoms with van der Waals surface area (Å²) < 4.78 is 1.03. The molecular weight excluding hydrogens is 254 g/mol. The number of benzene rings is 1. The van der Waals surface area contributed by atoms with E-state index in [1.807, 2.05) is 36.4 Å². The van der Waals surface area contributed by atoms with E-state index in [4.69, 9.17) is 0 Å². The van der Waals surface area contributed by atoms with Crippen LogP contribution < -0.4 is 0 Å². The molecule has 1 aromatic carbocycles. The molecule has 3 heteroatoms. The van der Waals surface area contributed by atoms with Crippen molar-refractivity contribution in [2.24, 2.45) is 0 Å². The van der Waals surface area contributed by atoms with E-state index in [1.54, 1.807) is 6.20 Å². The maximum atomic E-state index is 9.19. The van der Waals surface area contributed by atoms with Gasteiger partial charge in [-0.15, -0.1) is 0 Å². The quantitative estimate of drug-likeness (QED) is 0.904. The molecule has 2 rings (SSSR count). The highest BCUT2D eigenvalue weighted by molar-refractivity contribution is 9.10. The Morgan fingerprint density at radius 1 is 1.13 bits per heavy atom. The molecule has 0 fully saturated rings. The maximum Gasteiger partial charge on any atom is 0.0757 e. The molecule has 1 N–H and O–H groups in total. The highest BCUT2D eigenvalue weighted by atomic mass is 79.9. The SMILES string of the molecule is OCc1cccnc1-c1ccc(Br)cc1. The summed E-state index contributed by atoms with van der Waals surface area (Å²) in [4.78, 5) is 4.27. The number of aromatic nitrogens is 1. The first-order valence-electron chi connectivity index (χ1n) is 4.62. The number of rotatable bonds is 2. The zero-order valence-electron chi connectivity index (χ0n) is 8.02. The molecule has 1 heterocycles. The fourth-order valence-corrected chi connectivity index (χ4v) is 1.70. The molecule has 0 saturated carbocycles. The molecule has 0 aliphatic heterocycles. The summed E-state index contributed by atoms with van der Waals surface area (Å²) >= 11 is 3.38. The first-order chi connectivity index (χ1) is 7.31. The Morgan fingerprint density at radius 2 is 1.87 bits per heavy atom. The van der Waals surface area contributed by atoms with Crippen LogP contribution in [-0.4, -0.2) is 10.1 Å². The molecule has 76 valence electrons. The summed E-state index contributed by atoms with van der Waals surface area (Å²) in [6.45, 7) is 0.0131. The fraction of sp³-hybridized carbons (Fsp3) is 0.0833. The maximum absolute atomic E-state index is 9.19. The Morgan fingerprint density at radius 3 is 2.53 bits per heavy atom. The molecule has 0 atom stereocenters. The van der Waals surface area contributed by atoms with Gasteiger partial charge < -0.3 is 5.11 Å². The molecular formula is C12H10BrNO. The fourth-order valence-electron chi connectivity index (χ4n) is 1.43. The summed E-state index contributed by atoms with van der Waals surface area (Å²) in [5, 5.41) is 9.19. The van der Waals surface area contributed by atoms with Crippen molar-refractivity contribution in [2.75, 3.05) is 0 Å². The van der Waals surface area contributed by atoms with Gasteiger partial charge in [0.1, 0.15) is 0 Å². The van der Waals surface area contributed by atoms with E-state index in [9.17, 15) is 5.11 Å². The van der Waals surface area contributed by atoms with Crippen LogP contribution in [0.2, 0.25) is 0 Å². The molecule has 0 saturated heterocycles. The molecule has 15 heavy (non-hydrogen) atoms. The van der Waals surface area contributed by atoms with Gasteiger partial charge in [0.2, 0.25) is 0 Å². The average molecular weight is 264 g/mol. The van der Waals surface area contributed by atoms with Crippen molar-refractivity contribution in [2.45, 2.75) is 6.61 Å². The zero-order chi connectivity index (χ0) is 10.7. The smallest absolute Gasteiger partial charge is 0.0757 e. The third kappa shape index (κ3) is 2.25. The van der Waals surface area contributed by atoms with Gasteiger partial charge >= 0.3 is 0 Å². The number of hydrogen-bond donors (Lipinski definition) is 1. The number of pyridine rings is 1. The van der Waals surface area contributed by atoms with Gasteiger partial charge in [0.05, 0.1) is 12.3 Å². The van der Waals surface area contributed by atoms with Gasteiger partial charge in [-0.25, -0.2) is 0 Å². The molecule has 1 aromatic heterocycles. The minimum atomic E-state index is 0.0131. The summed E-state index contributed by atoms with van der Waals surface area (Å²) in [5.41, 5.74) is 2.70. The number of hydrogen-bond acceptors (Lipinski definition) is 2. The third-order valence-corrected chi connectivity index (χ3v) is 2.71. The van der Waals surface area contributed by atoms with Crippen LogP contribution in [0.15, 0.2) is 47.1 Å². The Kier molecular flexibility index (Phi) is 3.14. The molecule has 0 amide bonds. The molecule has 0 unspecified atom stereocenters. The van der Waals surface area contributed by atoms with Crippen LogP contribution >= 0.6 is 15.9 Å². The van der Waals surface area contributed by atoms with Gasteiger partial charge in [-0.1, -0.05) is 34.1 Å². The number of halogens is 1. The largest absolute Gasteiger partial charge is 0.392 e. The topological polar surface area (TPSA) is 33.1 Å². The van der Waals surface area contributed by atoms with E-state index in [0.717, 1.165) is 21.3 Å². The molecule has 2 aromatic rings. The van der Waals surface area contributed by atoms with Crippen molar-refractivity contribution in [1.29, 1.82) is 0 Å². The van der Waals surface area contributed by atoms with E-state index in [2.05, 4.69) is 20.9 Å². The van der Waals surface area contributed by atoms with E-state index >= 15 is 0 Å². The van der Waals surface area contributed by atoms with Gasteiger partial charge in [0.25, 0.3) is 0 Å². The highest BCUT2D eigenvalue weighted by Gasteiger charge is 2.04. The Balaban J connectivity index is 2.49. The monoisotopic (exact) mass is 263 g/mol. The van der Waals surface area contributed by atoms with Crippen LogP contribution in [0.3, 0.4) is 0 Å². The van der Waals surface area contributed by atoms with E-state index < -0.39 is 0 Å². The van der Waals surface area contributed by atoms with Crippen LogP contribution in [0.4, 0.5) is 0 Å². The van der Waals surface area contributed by atoms with E-state index in [-0.39, 0.29) is 6.61 Å². The van der Waals surface area contributed by atoms with E-state index in [0.29, 0.717) is 0 Å². The lowest BCUT2D eigenvalue weighted by Crippen LogP contribution is -1.91. The lowest BCUT2D eigenvalue weighted by atomic mass is 10.1. The highest BCUT2D eigenvalue weighted by Crippen LogP contribution is 2.22. The number of aliphatic hydroxyl groups excluding tert-OH is 1. The Hall–Kier alpha value is -1.19. The van der Waals surface area contributed by atoms with Gasteiger partial charge in [-0.2, -0.15) is 0 Å². The first-order valence-corrected chi connectivity index (χ1v) is 5.41. The number of aliphatic hydroxyl groups is 1. The van der Waals surface area contributed by atoms with Gasteiger partial charge in [-0.3, -0.25) is 4.98 Å². The predicted octanol–water partition coefficient (Wildman–Crippen LogP) is 3.00. The van der Waals surface area contributed by atoms with Crippen molar-refractivity contribution >= 4 is 15.9 Å².